The smallest absolute Gasteiger partial charge is 0.231 e. The van der Waals surface area contributed by atoms with E-state index < -0.39 is 5.41 Å². The Kier molecular flexibility index (Phi) is 5.25. The highest BCUT2D eigenvalue weighted by Gasteiger charge is 2.33. The number of nitrogens with zero attached hydrogens (tertiary/aromatic N) is 3. The SMILES string of the molecule is CC1(C(=O)Nc2cc(-c3c(-c4ccc(F)cc4)nn4c3OCCC4)ccn2)CC=CCC1. The highest BCUT2D eigenvalue weighted by atomic mass is 19.1. The summed E-state index contributed by atoms with van der Waals surface area (Å²) in [5.74, 6) is 0.849. The molecule has 7 heteroatoms. The van der Waals surface area contributed by atoms with Crippen molar-refractivity contribution in [2.24, 2.45) is 5.41 Å². The summed E-state index contributed by atoms with van der Waals surface area (Å²) in [6.07, 6.45) is 9.17. The number of hydrogen-bond donors (Lipinski definition) is 1. The van der Waals surface area contributed by atoms with Crippen molar-refractivity contribution in [1.29, 1.82) is 0 Å². The predicted octanol–water partition coefficient (Wildman–Crippen LogP) is 5.22. The van der Waals surface area contributed by atoms with E-state index in [0.717, 1.165) is 54.6 Å². The molecule has 1 amide bonds. The molecule has 164 valence electrons. The molecule has 1 N–H and O–H groups in total. The second-order valence-corrected chi connectivity index (χ2v) is 8.62. The van der Waals surface area contributed by atoms with E-state index in [1.807, 2.05) is 23.7 Å². The summed E-state index contributed by atoms with van der Waals surface area (Å²) < 4.78 is 21.3. The molecule has 6 nitrogen and oxygen atoms in total. The minimum atomic E-state index is -0.439. The van der Waals surface area contributed by atoms with Crippen LogP contribution in [0.25, 0.3) is 22.4 Å². The van der Waals surface area contributed by atoms with Gasteiger partial charge in [0.05, 0.1) is 17.6 Å². The Morgan fingerprint density at radius 2 is 2.03 bits per heavy atom. The fourth-order valence-electron chi connectivity index (χ4n) is 4.29. The number of aryl methyl sites for hydroxylation is 1. The van der Waals surface area contributed by atoms with Gasteiger partial charge in [-0.25, -0.2) is 14.1 Å². The number of fused-ring (bicyclic) bond motifs is 1. The number of halogens is 1. The monoisotopic (exact) mass is 432 g/mol. The van der Waals surface area contributed by atoms with Crippen molar-refractivity contribution < 1.29 is 13.9 Å². The third-order valence-electron chi connectivity index (χ3n) is 6.21. The Hall–Kier alpha value is -3.48. The molecule has 0 saturated carbocycles. The molecule has 1 atom stereocenters. The van der Waals surface area contributed by atoms with Crippen LogP contribution in [0, 0.1) is 11.2 Å². The van der Waals surface area contributed by atoms with Gasteiger partial charge in [0, 0.05) is 24.7 Å². The summed E-state index contributed by atoms with van der Waals surface area (Å²) in [4.78, 5) is 17.4. The van der Waals surface area contributed by atoms with Crippen molar-refractivity contribution >= 4 is 11.7 Å². The van der Waals surface area contributed by atoms with E-state index in [1.54, 1.807) is 18.3 Å². The van der Waals surface area contributed by atoms with E-state index in [1.165, 1.54) is 12.1 Å². The van der Waals surface area contributed by atoms with Crippen LogP contribution in [-0.2, 0) is 11.3 Å². The third-order valence-corrected chi connectivity index (χ3v) is 6.21. The molecule has 0 spiro atoms. The number of hydrogen-bond acceptors (Lipinski definition) is 4. The maximum Gasteiger partial charge on any atom is 0.231 e. The van der Waals surface area contributed by atoms with Gasteiger partial charge in [-0.1, -0.05) is 19.1 Å². The fourth-order valence-corrected chi connectivity index (χ4v) is 4.29. The van der Waals surface area contributed by atoms with E-state index in [4.69, 9.17) is 9.84 Å². The lowest BCUT2D eigenvalue weighted by molar-refractivity contribution is -0.125. The van der Waals surface area contributed by atoms with Crippen molar-refractivity contribution in [3.8, 4) is 28.3 Å². The van der Waals surface area contributed by atoms with Crippen LogP contribution in [-0.4, -0.2) is 27.3 Å². The summed E-state index contributed by atoms with van der Waals surface area (Å²) in [6.45, 7) is 3.36. The second-order valence-electron chi connectivity index (χ2n) is 8.62. The number of carbonyl (C=O) groups is 1. The average molecular weight is 432 g/mol. The molecular formula is C25H25FN4O2. The number of rotatable bonds is 4. The molecule has 2 aromatic heterocycles. The fraction of sp³-hybridized carbons (Fsp3) is 0.320. The molecule has 0 fully saturated rings. The van der Waals surface area contributed by atoms with Crippen LogP contribution in [0.15, 0.2) is 54.7 Å². The first-order valence-electron chi connectivity index (χ1n) is 11.0. The number of benzene rings is 1. The summed E-state index contributed by atoms with van der Waals surface area (Å²) in [5.41, 5.74) is 2.74. The number of allylic oxidation sites excluding steroid dienone is 2. The highest BCUT2D eigenvalue weighted by Crippen LogP contribution is 2.41. The molecular weight excluding hydrogens is 407 g/mol. The molecule has 0 radical (unpaired) electrons. The lowest BCUT2D eigenvalue weighted by atomic mass is 9.78. The zero-order valence-electron chi connectivity index (χ0n) is 18.0. The second kappa shape index (κ2) is 8.22. The number of ether oxygens (including phenoxy) is 1. The van der Waals surface area contributed by atoms with E-state index in [9.17, 15) is 9.18 Å². The molecule has 0 bridgehead atoms. The number of anilines is 1. The third kappa shape index (κ3) is 3.79. The van der Waals surface area contributed by atoms with Crippen LogP contribution in [0.1, 0.15) is 32.6 Å². The van der Waals surface area contributed by atoms with Crippen molar-refractivity contribution in [1.82, 2.24) is 14.8 Å². The summed E-state index contributed by atoms with van der Waals surface area (Å²) in [7, 11) is 0. The van der Waals surface area contributed by atoms with E-state index in [-0.39, 0.29) is 11.7 Å². The Morgan fingerprint density at radius 1 is 1.19 bits per heavy atom. The van der Waals surface area contributed by atoms with Crippen LogP contribution in [0.3, 0.4) is 0 Å². The number of nitrogens with one attached hydrogen (secondary N) is 1. The van der Waals surface area contributed by atoms with Crippen molar-refractivity contribution in [2.45, 2.75) is 39.2 Å². The maximum absolute atomic E-state index is 13.5. The normalized spacial score (nSPS) is 19.8. The number of amides is 1. The first-order chi connectivity index (χ1) is 15.5. The van der Waals surface area contributed by atoms with Gasteiger partial charge in [0.1, 0.15) is 17.3 Å². The van der Waals surface area contributed by atoms with Crippen LogP contribution in [0.2, 0.25) is 0 Å². The van der Waals surface area contributed by atoms with Crippen LogP contribution >= 0.6 is 0 Å². The van der Waals surface area contributed by atoms with E-state index in [2.05, 4.69) is 22.5 Å². The van der Waals surface area contributed by atoms with Gasteiger partial charge in [-0.2, -0.15) is 5.10 Å². The van der Waals surface area contributed by atoms with Gasteiger partial charge in [0.2, 0.25) is 11.8 Å². The van der Waals surface area contributed by atoms with Gasteiger partial charge < -0.3 is 10.1 Å². The van der Waals surface area contributed by atoms with E-state index >= 15 is 0 Å². The molecule has 1 aliphatic carbocycles. The van der Waals surface area contributed by atoms with Gasteiger partial charge in [0.25, 0.3) is 0 Å². The molecule has 1 aromatic carbocycles. The molecule has 3 heterocycles. The van der Waals surface area contributed by atoms with Crippen LogP contribution < -0.4 is 10.1 Å². The highest BCUT2D eigenvalue weighted by molar-refractivity contribution is 5.95. The Balaban J connectivity index is 1.52. The van der Waals surface area contributed by atoms with Crippen molar-refractivity contribution in [3.63, 3.8) is 0 Å². The Morgan fingerprint density at radius 3 is 2.81 bits per heavy atom. The minimum Gasteiger partial charge on any atom is -0.477 e. The average Bonchev–Trinajstić information content (AvgIpc) is 3.20. The largest absolute Gasteiger partial charge is 0.477 e. The van der Waals surface area contributed by atoms with E-state index in [0.29, 0.717) is 18.3 Å². The first-order valence-corrected chi connectivity index (χ1v) is 11.0. The van der Waals surface area contributed by atoms with Gasteiger partial charge in [-0.3, -0.25) is 4.79 Å². The number of pyridine rings is 1. The summed E-state index contributed by atoms with van der Waals surface area (Å²) in [6, 6.07) is 10.0. The molecule has 2 aliphatic rings. The predicted molar refractivity (Wildman–Crippen MR) is 121 cm³/mol. The molecule has 1 unspecified atom stereocenters. The zero-order chi connectivity index (χ0) is 22.1. The summed E-state index contributed by atoms with van der Waals surface area (Å²) in [5, 5.41) is 7.76. The number of carbonyl (C=O) groups excluding carboxylic acids is 1. The molecule has 32 heavy (non-hydrogen) atoms. The molecule has 0 saturated heterocycles. The Labute approximate surface area is 186 Å². The number of aromatic nitrogens is 3. The lowest BCUT2D eigenvalue weighted by Crippen LogP contribution is -2.34. The lowest BCUT2D eigenvalue weighted by Gasteiger charge is -2.29. The minimum absolute atomic E-state index is 0.0291. The van der Waals surface area contributed by atoms with Crippen molar-refractivity contribution in [3.05, 3.63) is 60.6 Å². The quantitative estimate of drug-likeness (QED) is 0.574. The van der Waals surface area contributed by atoms with Crippen LogP contribution in [0.5, 0.6) is 5.88 Å². The standard InChI is InChI=1S/C25H25FN4O2/c1-25(11-3-2-4-12-25)24(31)28-20-16-18(10-13-27-20)21-22(17-6-8-19(26)9-7-17)29-30-14-5-15-32-23(21)30/h2-3,6-10,13,16H,4-5,11-12,14-15H2,1H3,(H,27,28,31). The van der Waals surface area contributed by atoms with Crippen LogP contribution in [0.4, 0.5) is 10.2 Å². The van der Waals surface area contributed by atoms with Gasteiger partial charge in [-0.05, 0) is 61.2 Å². The molecule has 1 aliphatic heterocycles. The van der Waals surface area contributed by atoms with Gasteiger partial charge in [-0.15, -0.1) is 0 Å². The van der Waals surface area contributed by atoms with Gasteiger partial charge in [0.15, 0.2) is 0 Å². The van der Waals surface area contributed by atoms with Gasteiger partial charge >= 0.3 is 0 Å². The summed E-state index contributed by atoms with van der Waals surface area (Å²) >= 11 is 0. The zero-order valence-corrected chi connectivity index (χ0v) is 18.0. The molecule has 5 rings (SSSR count). The first kappa shape index (κ1) is 20.4. The topological polar surface area (TPSA) is 69.0 Å². The maximum atomic E-state index is 13.5. The van der Waals surface area contributed by atoms with Crippen molar-refractivity contribution in [2.75, 3.05) is 11.9 Å². The molecule has 3 aromatic rings. The Bertz CT molecular complexity index is 1190.